The molecule has 0 saturated heterocycles. The number of nitrogens with two attached hydrogens (primary N) is 1. The summed E-state index contributed by atoms with van der Waals surface area (Å²) < 4.78 is 26.3. The SMILES string of the molecule is CC(F)(F)c1ccccc1C(=O)CCN. The molecule has 0 saturated carbocycles. The number of ketones is 1. The Morgan fingerprint density at radius 3 is 2.53 bits per heavy atom. The molecule has 0 atom stereocenters. The fourth-order valence-electron chi connectivity index (χ4n) is 1.37. The van der Waals surface area contributed by atoms with E-state index in [-0.39, 0.29) is 29.9 Å². The quantitative estimate of drug-likeness (QED) is 0.780. The summed E-state index contributed by atoms with van der Waals surface area (Å²) in [5, 5.41) is 0. The lowest BCUT2D eigenvalue weighted by Crippen LogP contribution is -2.16. The number of hydrogen-bond donors (Lipinski definition) is 1. The Kier molecular flexibility index (Phi) is 3.52. The number of halogens is 2. The Balaban J connectivity index is 3.12. The van der Waals surface area contributed by atoms with Crippen LogP contribution in [0.15, 0.2) is 24.3 Å². The second-order valence-corrected chi connectivity index (χ2v) is 3.40. The summed E-state index contributed by atoms with van der Waals surface area (Å²) in [6.07, 6.45) is 0.0904. The Morgan fingerprint density at radius 2 is 2.00 bits per heavy atom. The molecule has 0 aliphatic carbocycles. The Hall–Kier alpha value is -1.29. The second kappa shape index (κ2) is 4.49. The van der Waals surface area contributed by atoms with E-state index < -0.39 is 5.92 Å². The molecule has 1 aromatic rings. The summed E-state index contributed by atoms with van der Waals surface area (Å²) >= 11 is 0. The third kappa shape index (κ3) is 2.83. The van der Waals surface area contributed by atoms with Crippen molar-refractivity contribution in [2.75, 3.05) is 6.54 Å². The minimum atomic E-state index is -3.00. The van der Waals surface area contributed by atoms with Gasteiger partial charge in [-0.15, -0.1) is 0 Å². The molecular weight excluding hydrogens is 200 g/mol. The predicted molar refractivity (Wildman–Crippen MR) is 54.0 cm³/mol. The van der Waals surface area contributed by atoms with Gasteiger partial charge in [-0.3, -0.25) is 4.79 Å². The zero-order valence-corrected chi connectivity index (χ0v) is 8.47. The maximum atomic E-state index is 13.1. The van der Waals surface area contributed by atoms with Crippen molar-refractivity contribution in [3.05, 3.63) is 35.4 Å². The van der Waals surface area contributed by atoms with Gasteiger partial charge in [0.05, 0.1) is 0 Å². The summed E-state index contributed by atoms with van der Waals surface area (Å²) in [5.74, 6) is -3.34. The lowest BCUT2D eigenvalue weighted by molar-refractivity contribution is 0.0164. The van der Waals surface area contributed by atoms with Crippen LogP contribution in [0.2, 0.25) is 0 Å². The lowest BCUT2D eigenvalue weighted by Gasteiger charge is -2.14. The van der Waals surface area contributed by atoms with Gasteiger partial charge in [0.15, 0.2) is 5.78 Å². The Labute approximate surface area is 87.1 Å². The van der Waals surface area contributed by atoms with Crippen LogP contribution in [0.1, 0.15) is 29.3 Å². The second-order valence-electron chi connectivity index (χ2n) is 3.40. The first kappa shape index (κ1) is 11.8. The maximum absolute atomic E-state index is 13.1. The van der Waals surface area contributed by atoms with E-state index >= 15 is 0 Å². The van der Waals surface area contributed by atoms with Crippen LogP contribution >= 0.6 is 0 Å². The van der Waals surface area contributed by atoms with E-state index in [1.54, 1.807) is 6.07 Å². The van der Waals surface area contributed by atoms with Gasteiger partial charge in [0.1, 0.15) is 0 Å². The molecule has 0 heterocycles. The van der Waals surface area contributed by atoms with Crippen LogP contribution in [0, 0.1) is 0 Å². The first-order valence-corrected chi connectivity index (χ1v) is 4.67. The van der Waals surface area contributed by atoms with E-state index in [1.807, 2.05) is 0 Å². The molecule has 4 heteroatoms. The summed E-state index contributed by atoms with van der Waals surface area (Å²) in [5.41, 5.74) is 5.05. The fourth-order valence-corrected chi connectivity index (χ4v) is 1.37. The number of alkyl halides is 2. The van der Waals surface area contributed by atoms with Crippen molar-refractivity contribution < 1.29 is 13.6 Å². The molecule has 0 radical (unpaired) electrons. The molecule has 2 nitrogen and oxygen atoms in total. The van der Waals surface area contributed by atoms with Gasteiger partial charge in [0.2, 0.25) is 0 Å². The van der Waals surface area contributed by atoms with E-state index in [1.165, 1.54) is 18.2 Å². The highest BCUT2D eigenvalue weighted by atomic mass is 19.3. The van der Waals surface area contributed by atoms with E-state index in [0.717, 1.165) is 6.92 Å². The van der Waals surface area contributed by atoms with Gasteiger partial charge in [-0.1, -0.05) is 24.3 Å². The third-order valence-corrected chi connectivity index (χ3v) is 2.07. The summed E-state index contributed by atoms with van der Waals surface area (Å²) in [6.45, 7) is 0.948. The third-order valence-electron chi connectivity index (χ3n) is 2.07. The molecule has 1 aromatic carbocycles. The first-order chi connectivity index (χ1) is 6.96. The molecule has 1 rings (SSSR count). The fraction of sp³-hybridized carbons (Fsp3) is 0.364. The largest absolute Gasteiger partial charge is 0.330 e. The average molecular weight is 213 g/mol. The molecule has 0 aliphatic rings. The van der Waals surface area contributed by atoms with Crippen LogP contribution in [0.4, 0.5) is 8.78 Å². The summed E-state index contributed by atoms with van der Waals surface area (Å²) in [4.78, 5) is 11.5. The molecule has 0 fully saturated rings. The van der Waals surface area contributed by atoms with Gasteiger partial charge in [-0.25, -0.2) is 8.78 Å². The minimum absolute atomic E-state index is 0.0652. The van der Waals surface area contributed by atoms with E-state index in [2.05, 4.69) is 0 Å². The smallest absolute Gasteiger partial charge is 0.271 e. The Morgan fingerprint density at radius 1 is 1.40 bits per heavy atom. The molecular formula is C11H13F2NO. The molecule has 0 bridgehead atoms. The summed E-state index contributed by atoms with van der Waals surface area (Å²) in [7, 11) is 0. The van der Waals surface area contributed by atoms with Gasteiger partial charge in [0.25, 0.3) is 5.92 Å². The normalized spacial score (nSPS) is 11.5. The minimum Gasteiger partial charge on any atom is -0.330 e. The summed E-state index contributed by atoms with van der Waals surface area (Å²) in [6, 6.07) is 5.74. The molecule has 0 aromatic heterocycles. The van der Waals surface area contributed by atoms with Gasteiger partial charge < -0.3 is 5.73 Å². The van der Waals surface area contributed by atoms with E-state index in [0.29, 0.717) is 0 Å². The molecule has 0 unspecified atom stereocenters. The van der Waals surface area contributed by atoms with Crippen LogP contribution < -0.4 is 5.73 Å². The number of hydrogen-bond acceptors (Lipinski definition) is 2. The van der Waals surface area contributed by atoms with Crippen LogP contribution in [-0.4, -0.2) is 12.3 Å². The van der Waals surface area contributed by atoms with E-state index in [9.17, 15) is 13.6 Å². The zero-order chi connectivity index (χ0) is 11.5. The molecule has 0 spiro atoms. The molecule has 0 amide bonds. The highest BCUT2D eigenvalue weighted by Gasteiger charge is 2.28. The lowest BCUT2D eigenvalue weighted by atomic mass is 9.98. The highest BCUT2D eigenvalue weighted by Crippen LogP contribution is 2.30. The van der Waals surface area contributed by atoms with Gasteiger partial charge in [0, 0.05) is 24.5 Å². The van der Waals surface area contributed by atoms with Crippen LogP contribution in [0.25, 0.3) is 0 Å². The molecule has 0 aliphatic heterocycles. The van der Waals surface area contributed by atoms with Crippen LogP contribution in [-0.2, 0) is 5.92 Å². The number of carbonyl (C=O) groups is 1. The highest BCUT2D eigenvalue weighted by molar-refractivity contribution is 5.97. The maximum Gasteiger partial charge on any atom is 0.271 e. The predicted octanol–water partition coefficient (Wildman–Crippen LogP) is 2.33. The van der Waals surface area contributed by atoms with Crippen LogP contribution in [0.3, 0.4) is 0 Å². The Bertz CT molecular complexity index is 358. The average Bonchev–Trinajstić information content (AvgIpc) is 2.17. The van der Waals surface area contributed by atoms with Crippen molar-refractivity contribution in [1.82, 2.24) is 0 Å². The van der Waals surface area contributed by atoms with E-state index in [4.69, 9.17) is 5.73 Å². The molecule has 2 N–H and O–H groups in total. The zero-order valence-electron chi connectivity index (χ0n) is 8.47. The van der Waals surface area contributed by atoms with Crippen molar-refractivity contribution >= 4 is 5.78 Å². The first-order valence-electron chi connectivity index (χ1n) is 4.67. The van der Waals surface area contributed by atoms with Crippen molar-refractivity contribution in [3.63, 3.8) is 0 Å². The van der Waals surface area contributed by atoms with Crippen molar-refractivity contribution in [3.8, 4) is 0 Å². The standard InChI is InChI=1S/C11H13F2NO/c1-11(12,13)9-5-3-2-4-8(9)10(15)6-7-14/h2-5H,6-7,14H2,1H3. The van der Waals surface area contributed by atoms with Gasteiger partial charge in [-0.2, -0.15) is 0 Å². The van der Waals surface area contributed by atoms with Crippen LogP contribution in [0.5, 0.6) is 0 Å². The molecule has 15 heavy (non-hydrogen) atoms. The number of Topliss-reactive ketones (excluding diaryl/α,β-unsaturated/α-hetero) is 1. The van der Waals surface area contributed by atoms with Crippen molar-refractivity contribution in [2.24, 2.45) is 5.73 Å². The van der Waals surface area contributed by atoms with Crippen molar-refractivity contribution in [1.29, 1.82) is 0 Å². The molecule has 82 valence electrons. The topological polar surface area (TPSA) is 43.1 Å². The monoisotopic (exact) mass is 213 g/mol. The van der Waals surface area contributed by atoms with Gasteiger partial charge in [-0.05, 0) is 6.54 Å². The number of carbonyl (C=O) groups excluding carboxylic acids is 1. The number of rotatable bonds is 4. The number of benzene rings is 1. The van der Waals surface area contributed by atoms with Gasteiger partial charge >= 0.3 is 0 Å². The van der Waals surface area contributed by atoms with Crippen molar-refractivity contribution in [2.45, 2.75) is 19.3 Å².